The van der Waals surface area contributed by atoms with Crippen LogP contribution in [0.1, 0.15) is 30.0 Å². The fourth-order valence-electron chi connectivity index (χ4n) is 1.91. The van der Waals surface area contributed by atoms with E-state index >= 15 is 0 Å². The normalized spacial score (nSPS) is 13.1. The van der Waals surface area contributed by atoms with Crippen molar-refractivity contribution >= 4 is 0 Å². The van der Waals surface area contributed by atoms with Crippen LogP contribution in [0.25, 0.3) is 0 Å². The van der Waals surface area contributed by atoms with Gasteiger partial charge in [-0.25, -0.2) is 0 Å². The Morgan fingerprint density at radius 3 is 2.60 bits per heavy atom. The van der Waals surface area contributed by atoms with Gasteiger partial charge in [0.15, 0.2) is 0 Å². The van der Waals surface area contributed by atoms with Crippen molar-refractivity contribution in [2.75, 3.05) is 20.6 Å². The maximum atomic E-state index is 5.57. The van der Waals surface area contributed by atoms with Gasteiger partial charge in [0, 0.05) is 6.04 Å². The summed E-state index contributed by atoms with van der Waals surface area (Å²) in [6.07, 6.45) is 2.21. The van der Waals surface area contributed by atoms with Crippen molar-refractivity contribution in [2.24, 2.45) is 5.73 Å². The van der Waals surface area contributed by atoms with Gasteiger partial charge in [-0.3, -0.25) is 0 Å². The van der Waals surface area contributed by atoms with Gasteiger partial charge in [-0.05, 0) is 46.0 Å². The molecular formula is C13H22N2. The number of nitrogens with two attached hydrogens (primary N) is 1. The summed E-state index contributed by atoms with van der Waals surface area (Å²) in [5.41, 5.74) is 8.29. The van der Waals surface area contributed by atoms with E-state index < -0.39 is 0 Å². The highest BCUT2D eigenvalue weighted by Crippen LogP contribution is 2.23. The zero-order chi connectivity index (χ0) is 11.3. The molecule has 2 N–H and O–H groups in total. The van der Waals surface area contributed by atoms with Gasteiger partial charge in [0.05, 0.1) is 0 Å². The van der Waals surface area contributed by atoms with E-state index in [9.17, 15) is 0 Å². The topological polar surface area (TPSA) is 29.3 Å². The van der Waals surface area contributed by atoms with Crippen LogP contribution in [0.4, 0.5) is 0 Å². The van der Waals surface area contributed by atoms with Crippen LogP contribution in [0.5, 0.6) is 0 Å². The van der Waals surface area contributed by atoms with E-state index in [0.717, 1.165) is 19.4 Å². The van der Waals surface area contributed by atoms with E-state index in [1.165, 1.54) is 11.1 Å². The standard InChI is InChI=1S/C13H22N2/c1-11-6-4-7-12(10-11)13(15(2)3)8-5-9-14/h4,6-7,10,13H,5,8-9,14H2,1-3H3. The van der Waals surface area contributed by atoms with E-state index in [0.29, 0.717) is 6.04 Å². The Morgan fingerprint density at radius 2 is 2.07 bits per heavy atom. The summed E-state index contributed by atoms with van der Waals surface area (Å²) in [4.78, 5) is 2.27. The predicted molar refractivity (Wildman–Crippen MR) is 65.9 cm³/mol. The number of nitrogens with zero attached hydrogens (tertiary/aromatic N) is 1. The first kappa shape index (κ1) is 12.2. The van der Waals surface area contributed by atoms with Gasteiger partial charge < -0.3 is 10.6 Å². The first-order chi connectivity index (χ1) is 7.15. The molecule has 0 fully saturated rings. The van der Waals surface area contributed by atoms with Crippen LogP contribution in [0.3, 0.4) is 0 Å². The summed E-state index contributed by atoms with van der Waals surface area (Å²) in [5, 5.41) is 0. The molecule has 1 unspecified atom stereocenters. The van der Waals surface area contributed by atoms with Crippen LogP contribution in [-0.4, -0.2) is 25.5 Å². The monoisotopic (exact) mass is 206 g/mol. The molecule has 0 aliphatic rings. The van der Waals surface area contributed by atoms with Crippen LogP contribution >= 0.6 is 0 Å². The maximum absolute atomic E-state index is 5.57. The molecular weight excluding hydrogens is 184 g/mol. The second-order valence-corrected chi connectivity index (χ2v) is 4.32. The maximum Gasteiger partial charge on any atom is 0.0342 e. The molecule has 1 aromatic rings. The molecule has 15 heavy (non-hydrogen) atoms. The third-order valence-corrected chi connectivity index (χ3v) is 2.73. The third kappa shape index (κ3) is 3.65. The molecule has 0 bridgehead atoms. The van der Waals surface area contributed by atoms with Gasteiger partial charge in [0.2, 0.25) is 0 Å². The Hall–Kier alpha value is -0.860. The first-order valence-electron chi connectivity index (χ1n) is 5.58. The van der Waals surface area contributed by atoms with Gasteiger partial charge in [0.25, 0.3) is 0 Å². The van der Waals surface area contributed by atoms with Gasteiger partial charge in [-0.1, -0.05) is 29.8 Å². The van der Waals surface area contributed by atoms with Crippen molar-refractivity contribution in [3.8, 4) is 0 Å². The lowest BCUT2D eigenvalue weighted by molar-refractivity contribution is 0.280. The zero-order valence-electron chi connectivity index (χ0n) is 10.0. The van der Waals surface area contributed by atoms with Crippen LogP contribution in [-0.2, 0) is 0 Å². The minimum Gasteiger partial charge on any atom is -0.330 e. The average Bonchev–Trinajstić information content (AvgIpc) is 2.18. The van der Waals surface area contributed by atoms with E-state index in [1.807, 2.05) is 0 Å². The first-order valence-corrected chi connectivity index (χ1v) is 5.58. The number of hydrogen-bond donors (Lipinski definition) is 1. The number of hydrogen-bond acceptors (Lipinski definition) is 2. The molecule has 0 saturated heterocycles. The number of rotatable bonds is 5. The number of aryl methyl sites for hydroxylation is 1. The second kappa shape index (κ2) is 5.89. The van der Waals surface area contributed by atoms with Crippen molar-refractivity contribution < 1.29 is 0 Å². The molecule has 1 aromatic carbocycles. The van der Waals surface area contributed by atoms with Crippen molar-refractivity contribution in [2.45, 2.75) is 25.8 Å². The zero-order valence-corrected chi connectivity index (χ0v) is 10.0. The van der Waals surface area contributed by atoms with Crippen LogP contribution < -0.4 is 5.73 Å². The highest BCUT2D eigenvalue weighted by molar-refractivity contribution is 5.25. The molecule has 0 heterocycles. The van der Waals surface area contributed by atoms with Crippen molar-refractivity contribution in [1.82, 2.24) is 4.90 Å². The fraction of sp³-hybridized carbons (Fsp3) is 0.538. The molecule has 84 valence electrons. The summed E-state index contributed by atoms with van der Waals surface area (Å²) in [6, 6.07) is 9.23. The minimum atomic E-state index is 0.494. The number of benzene rings is 1. The Bertz CT molecular complexity index is 294. The largest absolute Gasteiger partial charge is 0.330 e. The molecule has 0 saturated carbocycles. The van der Waals surface area contributed by atoms with Gasteiger partial charge >= 0.3 is 0 Å². The molecule has 0 aromatic heterocycles. The van der Waals surface area contributed by atoms with Crippen molar-refractivity contribution in [3.63, 3.8) is 0 Å². The summed E-state index contributed by atoms with van der Waals surface area (Å²) < 4.78 is 0. The van der Waals surface area contributed by atoms with Crippen molar-refractivity contribution in [3.05, 3.63) is 35.4 Å². The summed E-state index contributed by atoms with van der Waals surface area (Å²) in [6.45, 7) is 2.91. The van der Waals surface area contributed by atoms with Crippen LogP contribution in [0.15, 0.2) is 24.3 Å². The smallest absolute Gasteiger partial charge is 0.0342 e. The molecule has 0 amide bonds. The van der Waals surface area contributed by atoms with Gasteiger partial charge in [-0.15, -0.1) is 0 Å². The quantitative estimate of drug-likeness (QED) is 0.801. The van der Waals surface area contributed by atoms with Crippen LogP contribution in [0, 0.1) is 6.92 Å². The van der Waals surface area contributed by atoms with Crippen LogP contribution in [0.2, 0.25) is 0 Å². The molecule has 0 spiro atoms. The second-order valence-electron chi connectivity index (χ2n) is 4.32. The lowest BCUT2D eigenvalue weighted by Gasteiger charge is -2.25. The Balaban J connectivity index is 2.79. The molecule has 2 heteroatoms. The Morgan fingerprint density at radius 1 is 1.33 bits per heavy atom. The predicted octanol–water partition coefficient (Wildman–Crippen LogP) is 2.34. The summed E-state index contributed by atoms with van der Waals surface area (Å²) in [5.74, 6) is 0. The molecule has 0 radical (unpaired) electrons. The third-order valence-electron chi connectivity index (χ3n) is 2.73. The summed E-state index contributed by atoms with van der Waals surface area (Å²) in [7, 11) is 4.26. The van der Waals surface area contributed by atoms with E-state index in [4.69, 9.17) is 5.73 Å². The minimum absolute atomic E-state index is 0.494. The van der Waals surface area contributed by atoms with Crippen molar-refractivity contribution in [1.29, 1.82) is 0 Å². The molecule has 1 rings (SSSR count). The molecule has 0 aliphatic heterocycles. The van der Waals surface area contributed by atoms with E-state index in [2.05, 4.69) is 50.2 Å². The van der Waals surface area contributed by atoms with Gasteiger partial charge in [-0.2, -0.15) is 0 Å². The molecule has 1 atom stereocenters. The highest BCUT2D eigenvalue weighted by Gasteiger charge is 2.12. The Labute approximate surface area is 93.1 Å². The lowest BCUT2D eigenvalue weighted by Crippen LogP contribution is -2.21. The average molecular weight is 206 g/mol. The molecule has 2 nitrogen and oxygen atoms in total. The fourth-order valence-corrected chi connectivity index (χ4v) is 1.91. The van der Waals surface area contributed by atoms with E-state index in [1.54, 1.807) is 0 Å². The highest BCUT2D eigenvalue weighted by atomic mass is 15.1. The SMILES string of the molecule is Cc1cccc(C(CCCN)N(C)C)c1. The van der Waals surface area contributed by atoms with Gasteiger partial charge in [0.1, 0.15) is 0 Å². The Kier molecular flexibility index (Phi) is 4.79. The summed E-state index contributed by atoms with van der Waals surface area (Å²) >= 11 is 0. The lowest BCUT2D eigenvalue weighted by atomic mass is 9.99. The van der Waals surface area contributed by atoms with E-state index in [-0.39, 0.29) is 0 Å². The molecule has 0 aliphatic carbocycles.